The number of nitrogens with one attached hydrogen (secondary N) is 1. The first-order valence-electron chi connectivity index (χ1n) is 13.0. The van der Waals surface area contributed by atoms with Crippen LogP contribution in [0.25, 0.3) is 10.8 Å². The number of pyridine rings is 1. The number of benzene rings is 3. The Morgan fingerprint density at radius 2 is 1.63 bits per heavy atom. The number of amides is 1. The van der Waals surface area contributed by atoms with Crippen molar-refractivity contribution in [2.45, 2.75) is 38.2 Å². The summed E-state index contributed by atoms with van der Waals surface area (Å²) in [7, 11) is 0. The lowest BCUT2D eigenvalue weighted by Crippen LogP contribution is -2.49. The Labute approximate surface area is 222 Å². The maximum atomic E-state index is 13.0. The second-order valence-electron chi connectivity index (χ2n) is 9.41. The van der Waals surface area contributed by atoms with Crippen molar-refractivity contribution in [2.75, 3.05) is 19.8 Å². The first-order chi connectivity index (χ1) is 18.7. The van der Waals surface area contributed by atoms with Gasteiger partial charge < -0.3 is 24.1 Å². The van der Waals surface area contributed by atoms with Crippen molar-refractivity contribution in [3.63, 3.8) is 0 Å². The molecule has 3 aromatic carbocycles. The minimum Gasteiger partial charge on any atom is -0.493 e. The molecule has 38 heavy (non-hydrogen) atoms. The molecule has 4 aromatic rings. The number of hydrogen-bond donors (Lipinski definition) is 1. The molecule has 1 aliphatic rings. The Bertz CT molecular complexity index is 1420. The van der Waals surface area contributed by atoms with Crippen LogP contribution in [0.15, 0.2) is 95.9 Å². The molecule has 0 bridgehead atoms. The van der Waals surface area contributed by atoms with Gasteiger partial charge in [0.25, 0.3) is 11.5 Å². The zero-order valence-corrected chi connectivity index (χ0v) is 21.3. The second-order valence-corrected chi connectivity index (χ2v) is 9.41. The molecule has 1 amide bonds. The summed E-state index contributed by atoms with van der Waals surface area (Å²) in [6, 6.07) is 27.1. The van der Waals surface area contributed by atoms with E-state index in [0.29, 0.717) is 45.0 Å². The summed E-state index contributed by atoms with van der Waals surface area (Å²) in [4.78, 5) is 25.7. The van der Waals surface area contributed by atoms with Gasteiger partial charge in [0.2, 0.25) is 0 Å². The average molecular weight is 513 g/mol. The number of carbonyl (C=O) groups is 1. The number of piperidine rings is 1. The molecule has 2 atom stereocenters. The minimum absolute atomic E-state index is 0.204. The van der Waals surface area contributed by atoms with Crippen LogP contribution < -0.4 is 15.6 Å². The van der Waals surface area contributed by atoms with Gasteiger partial charge in [0.05, 0.1) is 32.5 Å². The topological polar surface area (TPSA) is 78.8 Å². The van der Waals surface area contributed by atoms with E-state index < -0.39 is 12.1 Å². The molecule has 0 aliphatic carbocycles. The molecule has 196 valence electrons. The van der Waals surface area contributed by atoms with E-state index >= 15 is 0 Å². The van der Waals surface area contributed by atoms with Crippen molar-refractivity contribution in [1.82, 2.24) is 9.88 Å². The summed E-state index contributed by atoms with van der Waals surface area (Å²) in [6.45, 7) is 2.35. The van der Waals surface area contributed by atoms with E-state index in [1.54, 1.807) is 16.8 Å². The standard InChI is InChI=1S/C31H32N2O5/c34-29-20-27(37-18-6-17-36-21-23-7-2-1-3-8-23)14-16-33(29)28-13-15-32-31(35)30(28)38-22-24-11-12-25-9-4-5-10-26(25)19-24/h1-5,7-12,14,16,19-20,28,30H,6,13,15,17-18,21-22H2,(H,32,35). The third-order valence-corrected chi connectivity index (χ3v) is 6.68. The number of ether oxygens (including phenoxy) is 3. The van der Waals surface area contributed by atoms with E-state index in [1.807, 2.05) is 54.6 Å². The van der Waals surface area contributed by atoms with Crippen LogP contribution in [-0.2, 0) is 27.5 Å². The molecule has 0 saturated carbocycles. The summed E-state index contributed by atoms with van der Waals surface area (Å²) in [6.07, 6.45) is 2.25. The Kier molecular flexibility index (Phi) is 8.48. The van der Waals surface area contributed by atoms with Crippen molar-refractivity contribution in [3.05, 3.63) is 113 Å². The highest BCUT2D eigenvalue weighted by Gasteiger charge is 2.34. The van der Waals surface area contributed by atoms with Crippen LogP contribution in [0.2, 0.25) is 0 Å². The van der Waals surface area contributed by atoms with Crippen molar-refractivity contribution in [2.24, 2.45) is 0 Å². The van der Waals surface area contributed by atoms with Crippen LogP contribution in [0.1, 0.15) is 30.0 Å². The van der Waals surface area contributed by atoms with E-state index in [4.69, 9.17) is 14.2 Å². The maximum Gasteiger partial charge on any atom is 0.254 e. The molecule has 1 saturated heterocycles. The van der Waals surface area contributed by atoms with Gasteiger partial charge in [-0.2, -0.15) is 0 Å². The molecule has 7 heteroatoms. The minimum atomic E-state index is -0.763. The van der Waals surface area contributed by atoms with Crippen LogP contribution in [0, 0.1) is 0 Å². The predicted molar refractivity (Wildman–Crippen MR) is 146 cm³/mol. The Balaban J connectivity index is 1.16. The highest BCUT2D eigenvalue weighted by Crippen LogP contribution is 2.24. The quantitative estimate of drug-likeness (QED) is 0.297. The molecule has 0 radical (unpaired) electrons. The highest BCUT2D eigenvalue weighted by molar-refractivity contribution is 5.83. The average Bonchev–Trinajstić information content (AvgIpc) is 2.95. The van der Waals surface area contributed by atoms with Crippen molar-refractivity contribution >= 4 is 16.7 Å². The number of nitrogens with zero attached hydrogens (tertiary/aromatic N) is 1. The second kappa shape index (κ2) is 12.5. The monoisotopic (exact) mass is 512 g/mol. The van der Waals surface area contributed by atoms with E-state index in [1.165, 1.54) is 6.07 Å². The number of carbonyl (C=O) groups excluding carboxylic acids is 1. The van der Waals surface area contributed by atoms with Crippen LogP contribution in [0.3, 0.4) is 0 Å². The molecule has 1 fully saturated rings. The molecule has 7 nitrogen and oxygen atoms in total. The lowest BCUT2D eigenvalue weighted by molar-refractivity contribution is -0.140. The molecule has 1 aliphatic heterocycles. The van der Waals surface area contributed by atoms with Gasteiger partial charge in [0.1, 0.15) is 5.75 Å². The Morgan fingerprint density at radius 3 is 2.47 bits per heavy atom. The van der Waals surface area contributed by atoms with E-state index in [9.17, 15) is 9.59 Å². The zero-order valence-electron chi connectivity index (χ0n) is 21.3. The van der Waals surface area contributed by atoms with Crippen molar-refractivity contribution < 1.29 is 19.0 Å². The Hall–Kier alpha value is -3.94. The molecule has 1 aromatic heterocycles. The lowest BCUT2D eigenvalue weighted by Gasteiger charge is -2.32. The number of hydrogen-bond acceptors (Lipinski definition) is 5. The molecule has 1 N–H and O–H groups in total. The van der Waals surface area contributed by atoms with Gasteiger partial charge in [-0.15, -0.1) is 0 Å². The fourth-order valence-corrected chi connectivity index (χ4v) is 4.71. The largest absolute Gasteiger partial charge is 0.493 e. The zero-order chi connectivity index (χ0) is 26.2. The fraction of sp³-hybridized carbons (Fsp3) is 0.290. The molecule has 0 spiro atoms. The number of rotatable bonds is 11. The molecule has 5 rings (SSSR count). The van der Waals surface area contributed by atoms with Crippen LogP contribution >= 0.6 is 0 Å². The van der Waals surface area contributed by atoms with Crippen molar-refractivity contribution in [3.8, 4) is 5.75 Å². The smallest absolute Gasteiger partial charge is 0.254 e. The van der Waals surface area contributed by atoms with Gasteiger partial charge in [-0.3, -0.25) is 9.59 Å². The van der Waals surface area contributed by atoms with Gasteiger partial charge in [0, 0.05) is 25.2 Å². The number of fused-ring (bicyclic) bond motifs is 1. The third-order valence-electron chi connectivity index (χ3n) is 6.68. The van der Waals surface area contributed by atoms with Gasteiger partial charge >= 0.3 is 0 Å². The van der Waals surface area contributed by atoms with E-state index in [2.05, 4.69) is 23.5 Å². The molecular formula is C31H32N2O5. The van der Waals surface area contributed by atoms with Crippen LogP contribution in [0.4, 0.5) is 0 Å². The molecular weight excluding hydrogens is 480 g/mol. The predicted octanol–water partition coefficient (Wildman–Crippen LogP) is 4.63. The van der Waals surface area contributed by atoms with Gasteiger partial charge in [-0.05, 0) is 40.5 Å². The molecule has 2 heterocycles. The molecule has 2 unspecified atom stereocenters. The summed E-state index contributed by atoms with van der Waals surface area (Å²) < 4.78 is 19.1. The Morgan fingerprint density at radius 1 is 0.816 bits per heavy atom. The summed E-state index contributed by atoms with van der Waals surface area (Å²) in [5, 5.41) is 5.14. The fourth-order valence-electron chi connectivity index (χ4n) is 4.71. The first-order valence-corrected chi connectivity index (χ1v) is 13.0. The first kappa shape index (κ1) is 25.7. The van der Waals surface area contributed by atoms with Gasteiger partial charge in [0.15, 0.2) is 6.10 Å². The van der Waals surface area contributed by atoms with Crippen molar-refractivity contribution in [1.29, 1.82) is 0 Å². The highest BCUT2D eigenvalue weighted by atomic mass is 16.5. The van der Waals surface area contributed by atoms with Gasteiger partial charge in [-0.25, -0.2) is 0 Å². The summed E-state index contributed by atoms with van der Waals surface area (Å²) in [5.41, 5.74) is 1.89. The third kappa shape index (κ3) is 6.49. The summed E-state index contributed by atoms with van der Waals surface area (Å²) >= 11 is 0. The van der Waals surface area contributed by atoms with Crippen LogP contribution in [-0.4, -0.2) is 36.3 Å². The maximum absolute atomic E-state index is 13.0. The lowest BCUT2D eigenvalue weighted by atomic mass is 10.0. The number of aromatic nitrogens is 1. The van der Waals surface area contributed by atoms with E-state index in [0.717, 1.165) is 21.9 Å². The van der Waals surface area contributed by atoms with E-state index in [-0.39, 0.29) is 18.1 Å². The SMILES string of the molecule is O=C1NCCC(n2ccc(OCCCOCc3ccccc3)cc2=O)C1OCc1ccc2ccccc2c1. The van der Waals surface area contributed by atoms with Crippen LogP contribution in [0.5, 0.6) is 5.75 Å². The van der Waals surface area contributed by atoms with Gasteiger partial charge in [-0.1, -0.05) is 66.7 Å². The normalized spacial score (nSPS) is 17.3. The summed E-state index contributed by atoms with van der Waals surface area (Å²) in [5.74, 6) is 0.299.